The summed E-state index contributed by atoms with van der Waals surface area (Å²) in [7, 11) is -3.62. The molecule has 0 aromatic carbocycles. The second-order valence-corrected chi connectivity index (χ2v) is 11.0. The minimum atomic E-state index is -3.62. The summed E-state index contributed by atoms with van der Waals surface area (Å²) in [6.45, 7) is 6.68. The highest BCUT2D eigenvalue weighted by Crippen LogP contribution is 2.43. The van der Waals surface area contributed by atoms with Crippen molar-refractivity contribution >= 4 is 27.5 Å². The fourth-order valence-corrected chi connectivity index (χ4v) is 5.55. The van der Waals surface area contributed by atoms with Crippen molar-refractivity contribution in [1.29, 1.82) is 5.41 Å². The number of pyridine rings is 1. The third kappa shape index (κ3) is 4.88. The van der Waals surface area contributed by atoms with E-state index in [0.717, 1.165) is 25.7 Å². The van der Waals surface area contributed by atoms with Crippen LogP contribution in [0.3, 0.4) is 0 Å². The maximum absolute atomic E-state index is 13.0. The molecule has 3 N–H and O–H groups in total. The molecule has 2 amide bonds. The Bertz CT molecular complexity index is 981. The van der Waals surface area contributed by atoms with Crippen molar-refractivity contribution in [2.75, 3.05) is 5.75 Å². The third-order valence-corrected chi connectivity index (χ3v) is 7.60. The van der Waals surface area contributed by atoms with E-state index in [1.165, 1.54) is 6.92 Å². The van der Waals surface area contributed by atoms with E-state index in [9.17, 15) is 18.0 Å². The summed E-state index contributed by atoms with van der Waals surface area (Å²) in [5, 5.41) is 13.5. The first-order chi connectivity index (χ1) is 13.9. The summed E-state index contributed by atoms with van der Waals surface area (Å²) in [6, 6.07) is 3.24. The van der Waals surface area contributed by atoms with Gasteiger partial charge >= 0.3 is 0 Å². The first-order valence-electron chi connectivity index (χ1n) is 10.4. The largest absolute Gasteiger partial charge is 0.338 e. The number of amidine groups is 1. The predicted octanol–water partition coefficient (Wildman–Crippen LogP) is 2.40. The molecule has 0 saturated heterocycles. The Hall–Kier alpha value is -2.29. The number of carbonyl (C=O) groups is 2. The average molecular weight is 435 g/mol. The van der Waals surface area contributed by atoms with E-state index >= 15 is 0 Å². The highest BCUT2D eigenvalue weighted by atomic mass is 32.2. The summed E-state index contributed by atoms with van der Waals surface area (Å²) in [5.41, 5.74) is -0.358. The van der Waals surface area contributed by atoms with Gasteiger partial charge in [0.15, 0.2) is 14.9 Å². The number of amides is 2. The Morgan fingerprint density at radius 2 is 1.87 bits per heavy atom. The fourth-order valence-electron chi connectivity index (χ4n) is 3.68. The molecule has 9 heteroatoms. The van der Waals surface area contributed by atoms with Crippen molar-refractivity contribution in [3.8, 4) is 0 Å². The summed E-state index contributed by atoms with van der Waals surface area (Å²) < 4.78 is 25.9. The lowest BCUT2D eigenvalue weighted by molar-refractivity contribution is -0.117. The van der Waals surface area contributed by atoms with Crippen molar-refractivity contribution in [1.82, 2.24) is 15.6 Å². The van der Waals surface area contributed by atoms with Crippen LogP contribution in [0.4, 0.5) is 0 Å². The van der Waals surface area contributed by atoms with Crippen molar-refractivity contribution in [2.45, 2.75) is 69.9 Å². The highest BCUT2D eigenvalue weighted by molar-refractivity contribution is 7.91. The molecule has 0 aliphatic heterocycles. The maximum Gasteiger partial charge on any atom is 0.270 e. The molecule has 164 valence electrons. The van der Waals surface area contributed by atoms with Crippen LogP contribution in [-0.2, 0) is 14.6 Å². The number of rotatable bonds is 8. The van der Waals surface area contributed by atoms with Crippen molar-refractivity contribution in [2.24, 2.45) is 11.8 Å². The molecule has 0 spiro atoms. The molecule has 2 saturated carbocycles. The molecule has 1 aromatic heterocycles. The monoisotopic (exact) mass is 434 g/mol. The number of carbonyl (C=O) groups excluding carboxylic acids is 2. The van der Waals surface area contributed by atoms with E-state index in [-0.39, 0.29) is 46.0 Å². The van der Waals surface area contributed by atoms with Gasteiger partial charge in [0.1, 0.15) is 11.5 Å². The Labute approximate surface area is 177 Å². The van der Waals surface area contributed by atoms with E-state index in [1.54, 1.807) is 19.1 Å². The Morgan fingerprint density at radius 3 is 2.37 bits per heavy atom. The maximum atomic E-state index is 13.0. The summed E-state index contributed by atoms with van der Waals surface area (Å²) in [5.74, 6) is -0.881. The van der Waals surface area contributed by atoms with Crippen molar-refractivity contribution in [3.63, 3.8) is 0 Å². The van der Waals surface area contributed by atoms with Gasteiger partial charge in [-0.05, 0) is 62.0 Å². The molecule has 1 heterocycles. The zero-order valence-corrected chi connectivity index (χ0v) is 18.7. The fraction of sp³-hybridized carbons (Fsp3) is 0.619. The molecule has 0 bridgehead atoms. The standard InChI is InChI=1S/C21H30N4O4S/c1-12(2)11-30(28,29)19-16(14-5-6-14)9-10-17(24-19)18(27)25-21(4,15-7-8-15)20(22)23-13(3)26/h9-10,12,14-15H,5-8,11H2,1-4H3,(H,25,27)(H2,22,23,26)/t21-/m1/s1. The number of nitrogens with one attached hydrogen (secondary N) is 3. The van der Waals surface area contributed by atoms with E-state index in [0.29, 0.717) is 5.56 Å². The zero-order valence-electron chi connectivity index (χ0n) is 17.9. The number of hydrogen-bond acceptors (Lipinski definition) is 6. The van der Waals surface area contributed by atoms with Crippen LogP contribution in [0.2, 0.25) is 0 Å². The molecular weight excluding hydrogens is 404 g/mol. The smallest absolute Gasteiger partial charge is 0.270 e. The van der Waals surface area contributed by atoms with Crippen LogP contribution in [-0.4, -0.2) is 42.3 Å². The highest BCUT2D eigenvalue weighted by Gasteiger charge is 2.46. The average Bonchev–Trinajstić information content (AvgIpc) is 3.52. The first-order valence-corrected chi connectivity index (χ1v) is 12.0. The topological polar surface area (TPSA) is 129 Å². The van der Waals surface area contributed by atoms with Crippen LogP contribution in [0.1, 0.15) is 75.3 Å². The summed E-state index contributed by atoms with van der Waals surface area (Å²) >= 11 is 0. The van der Waals surface area contributed by atoms with Crippen molar-refractivity contribution in [3.05, 3.63) is 23.4 Å². The van der Waals surface area contributed by atoms with Gasteiger partial charge in [-0.25, -0.2) is 13.4 Å². The molecule has 2 aliphatic rings. The second-order valence-electron chi connectivity index (χ2n) is 9.03. The van der Waals surface area contributed by atoms with E-state index in [2.05, 4.69) is 15.6 Å². The summed E-state index contributed by atoms with van der Waals surface area (Å²) in [6.07, 6.45) is 3.51. The lowest BCUT2D eigenvalue weighted by atomic mass is 9.93. The van der Waals surface area contributed by atoms with Gasteiger partial charge in [0.2, 0.25) is 5.91 Å². The van der Waals surface area contributed by atoms with Gasteiger partial charge in [-0.1, -0.05) is 19.9 Å². The minimum absolute atomic E-state index is 0.00332. The van der Waals surface area contributed by atoms with Gasteiger partial charge in [0.25, 0.3) is 5.91 Å². The molecule has 3 rings (SSSR count). The summed E-state index contributed by atoms with van der Waals surface area (Å²) in [4.78, 5) is 28.7. The molecule has 0 radical (unpaired) electrons. The predicted molar refractivity (Wildman–Crippen MR) is 113 cm³/mol. The Kier molecular flexibility index (Phi) is 6.04. The van der Waals surface area contributed by atoms with Gasteiger partial charge in [-0.15, -0.1) is 0 Å². The number of hydrogen-bond donors (Lipinski definition) is 3. The van der Waals surface area contributed by atoms with E-state index < -0.39 is 21.3 Å². The molecular formula is C21H30N4O4S. The molecule has 8 nitrogen and oxygen atoms in total. The van der Waals surface area contributed by atoms with Crippen LogP contribution in [0.15, 0.2) is 17.2 Å². The lowest BCUT2D eigenvalue weighted by Gasteiger charge is -2.31. The van der Waals surface area contributed by atoms with Crippen molar-refractivity contribution < 1.29 is 18.0 Å². The van der Waals surface area contributed by atoms with E-state index in [4.69, 9.17) is 5.41 Å². The van der Waals surface area contributed by atoms with Crippen LogP contribution >= 0.6 is 0 Å². The molecule has 1 aromatic rings. The van der Waals surface area contributed by atoms with E-state index in [1.807, 2.05) is 13.8 Å². The quantitative estimate of drug-likeness (QED) is 0.427. The number of aromatic nitrogens is 1. The van der Waals surface area contributed by atoms with Crippen LogP contribution in [0.5, 0.6) is 0 Å². The van der Waals surface area contributed by atoms with Gasteiger partial charge < -0.3 is 10.6 Å². The van der Waals surface area contributed by atoms with Gasteiger partial charge in [-0.2, -0.15) is 0 Å². The number of sulfone groups is 1. The first kappa shape index (κ1) is 22.4. The van der Waals surface area contributed by atoms with Crippen LogP contribution in [0.25, 0.3) is 0 Å². The van der Waals surface area contributed by atoms with Crippen LogP contribution < -0.4 is 10.6 Å². The molecule has 2 fully saturated rings. The Balaban J connectivity index is 1.91. The SMILES string of the molecule is CC(=O)NC(=N)[C@](C)(NC(=O)c1ccc(C2CC2)c(S(=O)(=O)CC(C)C)n1)C1CC1. The number of nitrogens with zero attached hydrogens (tertiary/aromatic N) is 1. The lowest BCUT2D eigenvalue weighted by Crippen LogP contribution is -2.59. The normalized spacial score (nSPS) is 18.6. The van der Waals surface area contributed by atoms with Crippen LogP contribution in [0, 0.1) is 17.2 Å². The third-order valence-electron chi connectivity index (χ3n) is 5.57. The molecule has 0 unspecified atom stereocenters. The second kappa shape index (κ2) is 8.09. The molecule has 30 heavy (non-hydrogen) atoms. The molecule has 2 aliphatic carbocycles. The van der Waals surface area contributed by atoms with Gasteiger partial charge in [0.05, 0.1) is 11.3 Å². The molecule has 1 atom stereocenters. The zero-order chi connectivity index (χ0) is 22.3. The van der Waals surface area contributed by atoms with Gasteiger partial charge in [0, 0.05) is 6.92 Å². The van der Waals surface area contributed by atoms with Gasteiger partial charge in [-0.3, -0.25) is 15.0 Å². The minimum Gasteiger partial charge on any atom is -0.338 e. The Morgan fingerprint density at radius 1 is 1.23 bits per heavy atom.